The van der Waals surface area contributed by atoms with Gasteiger partial charge in [-0.3, -0.25) is 0 Å². The quantitative estimate of drug-likeness (QED) is 0.294. The fraction of sp³-hybridized carbons (Fsp3) is 0. The van der Waals surface area contributed by atoms with E-state index >= 15 is 0 Å². The van der Waals surface area contributed by atoms with Crippen molar-refractivity contribution in [3.63, 3.8) is 0 Å². The number of phosphoric acid groups is 1. The van der Waals surface area contributed by atoms with Crippen molar-refractivity contribution in [2.24, 2.45) is 0 Å². The van der Waals surface area contributed by atoms with Crippen molar-refractivity contribution >= 4 is 47.3 Å². The van der Waals surface area contributed by atoms with Gasteiger partial charge in [0, 0.05) is 0 Å². The fourth-order valence-corrected chi connectivity index (χ4v) is 0. The van der Waals surface area contributed by atoms with E-state index in [2.05, 4.69) is 0 Å². The first kappa shape index (κ1) is 15.8. The maximum atomic E-state index is 8.88. The first-order valence-corrected chi connectivity index (χ1v) is 2.35. The van der Waals surface area contributed by atoms with Crippen molar-refractivity contribution in [1.29, 1.82) is 0 Å². The summed E-state index contributed by atoms with van der Waals surface area (Å²) < 4.78 is 8.88. The summed E-state index contributed by atoms with van der Waals surface area (Å²) in [7, 11) is -4.64. The van der Waals surface area contributed by atoms with Gasteiger partial charge in [-0.05, 0) is 0 Å². The van der Waals surface area contributed by atoms with Crippen molar-refractivity contribution in [3.05, 3.63) is 0 Å². The maximum absolute atomic E-state index is 8.88. The summed E-state index contributed by atoms with van der Waals surface area (Å²) in [6, 6.07) is 0. The van der Waals surface area contributed by atoms with Crippen LogP contribution in [-0.4, -0.2) is 44.2 Å². The predicted molar refractivity (Wildman–Crippen MR) is 32.5 cm³/mol. The van der Waals surface area contributed by atoms with Crippen LogP contribution in [0.3, 0.4) is 0 Å². The molecule has 7 heavy (non-hydrogen) atoms. The molecule has 0 radical (unpaired) electrons. The van der Waals surface area contributed by atoms with Crippen molar-refractivity contribution in [2.75, 3.05) is 0 Å². The second-order valence-electron chi connectivity index (χ2n) is 0.513. The Morgan fingerprint density at radius 3 is 1.14 bits per heavy atom. The molecule has 0 aliphatic carbocycles. The zero-order valence-electron chi connectivity index (χ0n) is 2.90. The topological polar surface area (TPSA) is 77.8 Å². The van der Waals surface area contributed by atoms with Gasteiger partial charge in [0.15, 0.2) is 0 Å². The Bertz CT molecular complexity index is 55.8. The Morgan fingerprint density at radius 2 is 1.14 bits per heavy atom. The Morgan fingerprint density at radius 1 is 1.14 bits per heavy atom. The molecule has 0 aliphatic heterocycles. The molecule has 4 nitrogen and oxygen atoms in total. The van der Waals surface area contributed by atoms with Crippen LogP contribution in [0.2, 0.25) is 0 Å². The Kier molecular flexibility index (Phi) is 12.8. The summed E-state index contributed by atoms with van der Waals surface area (Å²) in [5.74, 6) is 0. The van der Waals surface area contributed by atoms with Crippen molar-refractivity contribution in [1.82, 2.24) is 0 Å². The zero-order valence-corrected chi connectivity index (χ0v) is 5.21. The van der Waals surface area contributed by atoms with Gasteiger partial charge in [0.2, 0.25) is 0 Å². The average Bonchev–Trinajstić information content (AvgIpc) is 0.722. The summed E-state index contributed by atoms with van der Waals surface area (Å²) in [4.78, 5) is 21.6. The molecule has 0 rings (SSSR count). The molecule has 42 valence electrons. The van der Waals surface area contributed by atoms with Crippen molar-refractivity contribution in [3.8, 4) is 0 Å². The zero-order chi connectivity index (χ0) is 4.50. The van der Waals surface area contributed by atoms with Gasteiger partial charge in [0.05, 0.1) is 0 Å². The molecule has 1 unspecified atom stereocenters. The van der Waals surface area contributed by atoms with Crippen LogP contribution in [0.4, 0.5) is 0 Å². The number of hydrogen-bond acceptors (Lipinski definition) is 1. The van der Waals surface area contributed by atoms with Gasteiger partial charge >= 0.3 is 37.4 Å². The third-order valence-electron chi connectivity index (χ3n) is 0. The molecule has 0 saturated carbocycles. The molecule has 0 amide bonds. The molecular weight excluding hydrogens is 149 g/mol. The van der Waals surface area contributed by atoms with Gasteiger partial charge in [-0.1, -0.05) is 0 Å². The summed E-state index contributed by atoms with van der Waals surface area (Å²) in [5.41, 5.74) is 0. The van der Waals surface area contributed by atoms with E-state index < -0.39 is 7.82 Å². The molecule has 0 spiro atoms. The van der Waals surface area contributed by atoms with Crippen molar-refractivity contribution in [2.45, 2.75) is 0 Å². The molecule has 0 bridgehead atoms. The van der Waals surface area contributed by atoms with Gasteiger partial charge < -0.3 is 14.7 Å². The Hall–Kier alpha value is 1.54. The molecule has 0 saturated heterocycles. The first-order chi connectivity index (χ1) is 2.00. The predicted octanol–water partition coefficient (Wildman–Crippen LogP) is -1.52. The van der Waals surface area contributed by atoms with E-state index in [1.165, 1.54) is 0 Å². The fourth-order valence-electron chi connectivity index (χ4n) is 0. The third kappa shape index (κ3) is 97.6. The van der Waals surface area contributed by atoms with Crippen LogP contribution >= 0.6 is 17.7 Å². The van der Waals surface area contributed by atoms with E-state index in [0.29, 0.717) is 0 Å². The summed E-state index contributed by atoms with van der Waals surface area (Å²) in [6.07, 6.45) is 0. The van der Waals surface area contributed by atoms with Crippen molar-refractivity contribution < 1.29 is 19.2 Å². The molecule has 0 aromatic heterocycles. The van der Waals surface area contributed by atoms with E-state index in [-0.39, 0.29) is 39.5 Å². The van der Waals surface area contributed by atoms with Gasteiger partial charge in [-0.2, -0.15) is 9.90 Å². The van der Waals surface area contributed by atoms with Gasteiger partial charge in [-0.25, -0.2) is 4.57 Å². The van der Waals surface area contributed by atoms with Crippen LogP contribution in [0.1, 0.15) is 0 Å². The summed E-state index contributed by atoms with van der Waals surface area (Å²) in [5, 5.41) is 0. The number of rotatable bonds is 0. The van der Waals surface area contributed by atoms with Crippen LogP contribution < -0.4 is 0 Å². The summed E-state index contributed by atoms with van der Waals surface area (Å²) in [6.45, 7) is 0. The number of hydrogen-bond donors (Lipinski definition) is 3. The summed E-state index contributed by atoms with van der Waals surface area (Å²) >= 11 is 0. The third-order valence-corrected chi connectivity index (χ3v) is 0. The second-order valence-corrected chi connectivity index (χ2v) is 1.54. The monoisotopic (exact) mass is 156 g/mol. The van der Waals surface area contributed by atoms with Crippen LogP contribution in [0, 0.1) is 0 Å². The molecule has 0 aromatic rings. The molecule has 0 heterocycles. The minimum atomic E-state index is -4.64. The van der Waals surface area contributed by atoms with Crippen LogP contribution in [0.5, 0.6) is 0 Å². The van der Waals surface area contributed by atoms with Gasteiger partial charge in [0.1, 0.15) is 0 Å². The van der Waals surface area contributed by atoms with E-state index in [4.69, 9.17) is 19.2 Å². The van der Waals surface area contributed by atoms with E-state index in [9.17, 15) is 0 Å². The molecule has 3 N–H and O–H groups in total. The minimum absolute atomic E-state index is 0. The molecule has 7 heteroatoms. The van der Waals surface area contributed by atoms with E-state index in [1.54, 1.807) is 0 Å². The normalized spacial score (nSPS) is 8.43. The second kappa shape index (κ2) is 5.67. The SMILES string of the molecule is O=P(O)(O)O.P.[NaH]. The Labute approximate surface area is 66.5 Å². The molecule has 0 fully saturated rings. The average molecular weight is 156 g/mol. The van der Waals surface area contributed by atoms with Crippen LogP contribution in [0.25, 0.3) is 0 Å². The molecule has 1 atom stereocenters. The van der Waals surface area contributed by atoms with E-state index in [0.717, 1.165) is 0 Å². The Balaban J connectivity index is -0.0000000800. The molecular formula is H7NaO4P2. The van der Waals surface area contributed by atoms with Gasteiger partial charge in [0.25, 0.3) is 0 Å². The van der Waals surface area contributed by atoms with E-state index in [1.807, 2.05) is 0 Å². The molecule has 0 aliphatic rings. The van der Waals surface area contributed by atoms with Crippen LogP contribution in [0.15, 0.2) is 0 Å². The molecule has 0 aromatic carbocycles. The standard InChI is InChI=1S/Na.H3O4P.H3P.H/c;1-5(2,3)4;;/h;(H3,1,2,3,4);1H3;. The van der Waals surface area contributed by atoms with Crippen LogP contribution in [-0.2, 0) is 4.57 Å². The van der Waals surface area contributed by atoms with Gasteiger partial charge in [-0.15, -0.1) is 0 Å². The first-order valence-electron chi connectivity index (χ1n) is 0.783.